The zero-order chi connectivity index (χ0) is 15.1. The first-order valence-electron chi connectivity index (χ1n) is 6.02. The lowest BCUT2D eigenvalue weighted by molar-refractivity contribution is -0.138. The van der Waals surface area contributed by atoms with Gasteiger partial charge in [0.25, 0.3) is 0 Å². The van der Waals surface area contributed by atoms with E-state index in [2.05, 4.69) is 5.32 Å². The number of carboxylic acid groups (broad SMARTS) is 1. The molecule has 0 radical (unpaired) electrons. The van der Waals surface area contributed by atoms with Crippen LogP contribution in [-0.4, -0.2) is 42.5 Å². The second kappa shape index (κ2) is 7.88. The largest absolute Gasteiger partial charge is 0.481 e. The van der Waals surface area contributed by atoms with Gasteiger partial charge in [0, 0.05) is 25.3 Å². The Morgan fingerprint density at radius 2 is 2.15 bits per heavy atom. The first-order valence-corrected chi connectivity index (χ1v) is 6.02. The van der Waals surface area contributed by atoms with Gasteiger partial charge in [-0.15, -0.1) is 0 Å². The molecule has 0 spiro atoms. The summed E-state index contributed by atoms with van der Waals surface area (Å²) >= 11 is 0. The number of aliphatic hydroxyl groups excluding tert-OH is 1. The number of methoxy groups -OCH3 is 1. The van der Waals surface area contributed by atoms with E-state index >= 15 is 0 Å². The highest BCUT2D eigenvalue weighted by Crippen LogP contribution is 2.23. The molecule has 7 heteroatoms. The van der Waals surface area contributed by atoms with E-state index in [0.29, 0.717) is 6.61 Å². The minimum Gasteiger partial charge on any atom is -0.481 e. The van der Waals surface area contributed by atoms with Crippen LogP contribution in [0.25, 0.3) is 0 Å². The van der Waals surface area contributed by atoms with Gasteiger partial charge in [-0.25, -0.2) is 8.78 Å². The predicted molar refractivity (Wildman–Crippen MR) is 67.2 cm³/mol. The molecule has 0 amide bonds. The summed E-state index contributed by atoms with van der Waals surface area (Å²) in [5.74, 6) is -2.65. The monoisotopic (exact) mass is 289 g/mol. The number of benzene rings is 1. The Morgan fingerprint density at radius 1 is 1.45 bits per heavy atom. The maximum Gasteiger partial charge on any atom is 0.305 e. The number of carboxylic acids is 1. The minimum absolute atomic E-state index is 0.277. The van der Waals surface area contributed by atoms with Gasteiger partial charge in [0.2, 0.25) is 0 Å². The molecule has 5 nitrogen and oxygen atoms in total. The summed E-state index contributed by atoms with van der Waals surface area (Å²) in [5, 5.41) is 21.6. The van der Waals surface area contributed by atoms with Crippen LogP contribution in [0.2, 0.25) is 0 Å². The lowest BCUT2D eigenvalue weighted by atomic mass is 9.99. The number of hydrogen-bond acceptors (Lipinski definition) is 4. The molecule has 0 aliphatic rings. The lowest BCUT2D eigenvalue weighted by Gasteiger charge is -2.23. The molecule has 0 bridgehead atoms. The highest BCUT2D eigenvalue weighted by Gasteiger charge is 2.25. The molecule has 0 fully saturated rings. The molecule has 20 heavy (non-hydrogen) atoms. The lowest BCUT2D eigenvalue weighted by Crippen LogP contribution is -2.39. The number of carbonyl (C=O) groups is 1. The summed E-state index contributed by atoms with van der Waals surface area (Å²) in [6, 6.07) is 1.73. The van der Waals surface area contributed by atoms with Gasteiger partial charge in [0.05, 0.1) is 19.1 Å². The highest BCUT2D eigenvalue weighted by molar-refractivity contribution is 5.67. The van der Waals surface area contributed by atoms with Crippen molar-refractivity contribution < 1.29 is 28.5 Å². The first-order chi connectivity index (χ1) is 9.45. The van der Waals surface area contributed by atoms with Crippen LogP contribution in [0.1, 0.15) is 18.1 Å². The van der Waals surface area contributed by atoms with E-state index in [1.807, 2.05) is 0 Å². The zero-order valence-corrected chi connectivity index (χ0v) is 11.0. The fourth-order valence-corrected chi connectivity index (χ4v) is 1.79. The van der Waals surface area contributed by atoms with Crippen molar-refractivity contribution in [3.05, 3.63) is 35.4 Å². The number of hydrogen-bond donors (Lipinski definition) is 3. The summed E-state index contributed by atoms with van der Waals surface area (Å²) in [5.41, 5.74) is -0.277. The molecule has 0 saturated carbocycles. The van der Waals surface area contributed by atoms with Gasteiger partial charge in [-0.2, -0.15) is 0 Å². The second-order valence-corrected chi connectivity index (χ2v) is 4.26. The highest BCUT2D eigenvalue weighted by atomic mass is 19.1. The molecular weight excluding hydrogens is 272 g/mol. The average Bonchev–Trinajstić information content (AvgIpc) is 2.39. The summed E-state index contributed by atoms with van der Waals surface area (Å²) in [7, 11) is 1.47. The van der Waals surface area contributed by atoms with Crippen LogP contribution in [-0.2, 0) is 9.53 Å². The Labute approximate surface area is 115 Å². The van der Waals surface area contributed by atoms with Gasteiger partial charge < -0.3 is 20.3 Å². The van der Waals surface area contributed by atoms with Crippen molar-refractivity contribution in [3.8, 4) is 0 Å². The van der Waals surface area contributed by atoms with E-state index in [9.17, 15) is 18.7 Å². The Bertz CT molecular complexity index is 456. The quantitative estimate of drug-likeness (QED) is 0.624. The third kappa shape index (κ3) is 4.84. The molecule has 0 heterocycles. The standard InChI is InChI=1S/C13H17F2NO4/c1-20-5-4-16-11(7-12(17)18)13(19)9-6-8(14)2-3-10(9)15/h2-3,6,11,13,16,19H,4-5,7H2,1H3,(H,17,18). The van der Waals surface area contributed by atoms with Crippen LogP contribution in [0, 0.1) is 11.6 Å². The van der Waals surface area contributed by atoms with E-state index in [4.69, 9.17) is 9.84 Å². The zero-order valence-electron chi connectivity index (χ0n) is 11.0. The SMILES string of the molecule is COCCNC(CC(=O)O)C(O)c1cc(F)ccc1F. The van der Waals surface area contributed by atoms with Crippen LogP contribution >= 0.6 is 0 Å². The number of ether oxygens (including phenoxy) is 1. The van der Waals surface area contributed by atoms with E-state index in [0.717, 1.165) is 18.2 Å². The van der Waals surface area contributed by atoms with Crippen molar-refractivity contribution >= 4 is 5.97 Å². The van der Waals surface area contributed by atoms with Crippen LogP contribution in [0.3, 0.4) is 0 Å². The fourth-order valence-electron chi connectivity index (χ4n) is 1.79. The Morgan fingerprint density at radius 3 is 2.75 bits per heavy atom. The smallest absolute Gasteiger partial charge is 0.305 e. The van der Waals surface area contributed by atoms with Crippen LogP contribution in [0.4, 0.5) is 8.78 Å². The van der Waals surface area contributed by atoms with Gasteiger partial charge in [0.15, 0.2) is 0 Å². The molecule has 2 unspecified atom stereocenters. The summed E-state index contributed by atoms with van der Waals surface area (Å²) in [6.45, 7) is 0.580. The van der Waals surface area contributed by atoms with Crippen molar-refractivity contribution in [2.75, 3.05) is 20.3 Å². The molecule has 1 aromatic carbocycles. The summed E-state index contributed by atoms with van der Waals surface area (Å²) in [4.78, 5) is 10.8. The van der Waals surface area contributed by atoms with Crippen molar-refractivity contribution in [2.24, 2.45) is 0 Å². The topological polar surface area (TPSA) is 78.8 Å². The average molecular weight is 289 g/mol. The molecule has 112 valence electrons. The molecule has 0 aromatic heterocycles. The Hall–Kier alpha value is -1.57. The fraction of sp³-hybridized carbons (Fsp3) is 0.462. The molecule has 3 N–H and O–H groups in total. The summed E-state index contributed by atoms with van der Waals surface area (Å²) < 4.78 is 31.5. The minimum atomic E-state index is -1.47. The second-order valence-electron chi connectivity index (χ2n) is 4.26. The maximum absolute atomic E-state index is 13.6. The van der Waals surface area contributed by atoms with Gasteiger partial charge >= 0.3 is 5.97 Å². The van der Waals surface area contributed by atoms with Crippen LogP contribution in [0.15, 0.2) is 18.2 Å². The van der Waals surface area contributed by atoms with Crippen LogP contribution in [0.5, 0.6) is 0 Å². The normalized spacial score (nSPS) is 14.0. The van der Waals surface area contributed by atoms with Crippen molar-refractivity contribution in [1.29, 1.82) is 0 Å². The van der Waals surface area contributed by atoms with Crippen molar-refractivity contribution in [3.63, 3.8) is 0 Å². The maximum atomic E-state index is 13.6. The Balaban J connectivity index is 2.87. The van der Waals surface area contributed by atoms with Gasteiger partial charge in [-0.3, -0.25) is 4.79 Å². The first kappa shape index (κ1) is 16.5. The van der Waals surface area contributed by atoms with E-state index in [-0.39, 0.29) is 12.1 Å². The van der Waals surface area contributed by atoms with E-state index < -0.39 is 36.2 Å². The molecule has 2 atom stereocenters. The molecule has 1 rings (SSSR count). The van der Waals surface area contributed by atoms with E-state index in [1.54, 1.807) is 0 Å². The molecular formula is C13H17F2NO4. The number of halogens is 2. The number of rotatable bonds is 8. The van der Waals surface area contributed by atoms with Crippen molar-refractivity contribution in [1.82, 2.24) is 5.32 Å². The van der Waals surface area contributed by atoms with Gasteiger partial charge in [-0.05, 0) is 18.2 Å². The van der Waals surface area contributed by atoms with E-state index in [1.165, 1.54) is 7.11 Å². The van der Waals surface area contributed by atoms with Gasteiger partial charge in [-0.1, -0.05) is 0 Å². The summed E-state index contributed by atoms with van der Waals surface area (Å²) in [6.07, 6.45) is -1.90. The number of aliphatic hydroxyl groups is 1. The van der Waals surface area contributed by atoms with Crippen LogP contribution < -0.4 is 5.32 Å². The third-order valence-corrected chi connectivity index (χ3v) is 2.77. The van der Waals surface area contributed by atoms with Crippen molar-refractivity contribution in [2.45, 2.75) is 18.6 Å². The molecule has 1 aromatic rings. The molecule has 0 aliphatic carbocycles. The Kier molecular flexibility index (Phi) is 6.50. The number of aliphatic carboxylic acids is 1. The van der Waals surface area contributed by atoms with Gasteiger partial charge in [0.1, 0.15) is 11.6 Å². The molecule has 0 aliphatic heterocycles. The number of nitrogens with one attached hydrogen (secondary N) is 1. The molecule has 0 saturated heterocycles. The third-order valence-electron chi connectivity index (χ3n) is 2.77. The predicted octanol–water partition coefficient (Wildman–Crippen LogP) is 1.08.